The van der Waals surface area contributed by atoms with E-state index in [-0.39, 0.29) is 0 Å². The summed E-state index contributed by atoms with van der Waals surface area (Å²) in [5.41, 5.74) is 0. The van der Waals surface area contributed by atoms with E-state index in [0.29, 0.717) is 0 Å². The minimum atomic E-state index is 0.831. The van der Waals surface area contributed by atoms with Crippen LogP contribution in [0, 0.1) is 17.8 Å². The molecule has 0 aromatic heterocycles. The molecule has 1 aliphatic rings. The van der Waals surface area contributed by atoms with Crippen LogP contribution in [-0.4, -0.2) is 13.6 Å². The monoisotopic (exact) mass is 181 g/mol. The molecule has 13 heavy (non-hydrogen) atoms. The van der Waals surface area contributed by atoms with Gasteiger partial charge in [0, 0.05) is 0 Å². The van der Waals surface area contributed by atoms with Crippen molar-refractivity contribution in [2.75, 3.05) is 13.6 Å². The van der Waals surface area contributed by atoms with Crippen LogP contribution < -0.4 is 5.32 Å². The summed E-state index contributed by atoms with van der Waals surface area (Å²) in [6, 6.07) is 0. The molecule has 1 N–H and O–H groups in total. The SMILES string of the molecule is CCC1C=CCC(CNC)C1CC. The van der Waals surface area contributed by atoms with E-state index in [4.69, 9.17) is 0 Å². The van der Waals surface area contributed by atoms with Gasteiger partial charge < -0.3 is 5.32 Å². The van der Waals surface area contributed by atoms with Crippen LogP contribution in [-0.2, 0) is 0 Å². The standard InChI is InChI=1S/C12H23N/c1-4-10-7-6-8-11(9-13-3)12(10)5-2/h6-7,10-13H,4-5,8-9H2,1-3H3. The third kappa shape index (κ3) is 2.57. The van der Waals surface area contributed by atoms with Gasteiger partial charge in [-0.05, 0) is 44.2 Å². The fourth-order valence-electron chi connectivity index (χ4n) is 2.67. The molecule has 1 nitrogen and oxygen atoms in total. The van der Waals surface area contributed by atoms with Gasteiger partial charge in [0.05, 0.1) is 0 Å². The molecule has 1 heteroatoms. The number of nitrogens with one attached hydrogen (secondary N) is 1. The summed E-state index contributed by atoms with van der Waals surface area (Å²) in [7, 11) is 2.06. The zero-order valence-corrected chi connectivity index (χ0v) is 9.22. The van der Waals surface area contributed by atoms with E-state index in [0.717, 1.165) is 17.8 Å². The molecule has 0 amide bonds. The lowest BCUT2D eigenvalue weighted by molar-refractivity contribution is 0.231. The third-order valence-corrected chi connectivity index (χ3v) is 3.39. The van der Waals surface area contributed by atoms with Crippen molar-refractivity contribution >= 4 is 0 Å². The number of hydrogen-bond acceptors (Lipinski definition) is 1. The lowest BCUT2D eigenvalue weighted by atomic mass is 9.73. The first kappa shape index (κ1) is 10.8. The van der Waals surface area contributed by atoms with Crippen LogP contribution in [0.3, 0.4) is 0 Å². The van der Waals surface area contributed by atoms with Gasteiger partial charge in [-0.2, -0.15) is 0 Å². The first-order valence-corrected chi connectivity index (χ1v) is 5.64. The van der Waals surface area contributed by atoms with Crippen LogP contribution in [0.15, 0.2) is 12.2 Å². The highest BCUT2D eigenvalue weighted by molar-refractivity contribution is 5.00. The first-order chi connectivity index (χ1) is 6.33. The predicted octanol–water partition coefficient (Wildman–Crippen LogP) is 2.83. The Morgan fingerprint density at radius 1 is 1.31 bits per heavy atom. The van der Waals surface area contributed by atoms with Crippen molar-refractivity contribution in [3.8, 4) is 0 Å². The smallest absolute Gasteiger partial charge is 0.00177 e. The predicted molar refractivity (Wildman–Crippen MR) is 58.7 cm³/mol. The molecule has 0 heterocycles. The average molecular weight is 181 g/mol. The van der Waals surface area contributed by atoms with Gasteiger partial charge in [0.25, 0.3) is 0 Å². The highest BCUT2D eigenvalue weighted by Gasteiger charge is 2.26. The summed E-state index contributed by atoms with van der Waals surface area (Å²) < 4.78 is 0. The topological polar surface area (TPSA) is 12.0 Å². The minimum Gasteiger partial charge on any atom is -0.319 e. The van der Waals surface area contributed by atoms with Crippen molar-refractivity contribution < 1.29 is 0 Å². The molecule has 0 radical (unpaired) electrons. The largest absolute Gasteiger partial charge is 0.319 e. The number of allylic oxidation sites excluding steroid dienone is 2. The maximum Gasteiger partial charge on any atom is -0.00177 e. The fraction of sp³-hybridized carbons (Fsp3) is 0.833. The van der Waals surface area contributed by atoms with Gasteiger partial charge in [0.2, 0.25) is 0 Å². The van der Waals surface area contributed by atoms with Gasteiger partial charge in [0.1, 0.15) is 0 Å². The molecular formula is C12H23N. The van der Waals surface area contributed by atoms with Gasteiger partial charge in [-0.15, -0.1) is 0 Å². The lowest BCUT2D eigenvalue weighted by Crippen LogP contribution is -2.31. The highest BCUT2D eigenvalue weighted by Crippen LogP contribution is 2.34. The van der Waals surface area contributed by atoms with E-state index in [2.05, 4.69) is 38.4 Å². The van der Waals surface area contributed by atoms with Gasteiger partial charge >= 0.3 is 0 Å². The quantitative estimate of drug-likeness (QED) is 0.658. The second-order valence-corrected chi connectivity index (χ2v) is 4.13. The van der Waals surface area contributed by atoms with Crippen molar-refractivity contribution in [2.24, 2.45) is 17.8 Å². The van der Waals surface area contributed by atoms with Crippen LogP contribution in [0.25, 0.3) is 0 Å². The van der Waals surface area contributed by atoms with Crippen LogP contribution in [0.4, 0.5) is 0 Å². The molecule has 1 rings (SSSR count). The minimum absolute atomic E-state index is 0.831. The summed E-state index contributed by atoms with van der Waals surface area (Å²) in [5, 5.41) is 3.31. The van der Waals surface area contributed by atoms with Crippen LogP contribution in [0.1, 0.15) is 33.1 Å². The molecule has 3 unspecified atom stereocenters. The maximum atomic E-state index is 3.31. The van der Waals surface area contributed by atoms with E-state index in [1.807, 2.05) is 0 Å². The molecule has 0 saturated carbocycles. The molecule has 0 aromatic rings. The van der Waals surface area contributed by atoms with E-state index >= 15 is 0 Å². The van der Waals surface area contributed by atoms with Crippen molar-refractivity contribution in [3.05, 3.63) is 12.2 Å². The third-order valence-electron chi connectivity index (χ3n) is 3.39. The van der Waals surface area contributed by atoms with Crippen molar-refractivity contribution in [3.63, 3.8) is 0 Å². The zero-order valence-electron chi connectivity index (χ0n) is 9.22. The second-order valence-electron chi connectivity index (χ2n) is 4.13. The van der Waals surface area contributed by atoms with Crippen molar-refractivity contribution in [2.45, 2.75) is 33.1 Å². The number of hydrogen-bond donors (Lipinski definition) is 1. The van der Waals surface area contributed by atoms with E-state index in [9.17, 15) is 0 Å². The summed E-state index contributed by atoms with van der Waals surface area (Å²) in [5.74, 6) is 2.60. The van der Waals surface area contributed by atoms with Crippen LogP contribution in [0.5, 0.6) is 0 Å². The van der Waals surface area contributed by atoms with Gasteiger partial charge in [-0.1, -0.05) is 32.4 Å². The normalized spacial score (nSPS) is 33.6. The van der Waals surface area contributed by atoms with E-state index < -0.39 is 0 Å². The molecular weight excluding hydrogens is 158 g/mol. The van der Waals surface area contributed by atoms with E-state index in [1.54, 1.807) is 0 Å². The molecule has 0 fully saturated rings. The summed E-state index contributed by atoms with van der Waals surface area (Å²) in [6.45, 7) is 5.81. The average Bonchev–Trinajstić information content (AvgIpc) is 2.18. The summed E-state index contributed by atoms with van der Waals surface area (Å²) in [4.78, 5) is 0. The molecule has 0 saturated heterocycles. The summed E-state index contributed by atoms with van der Waals surface area (Å²) >= 11 is 0. The highest BCUT2D eigenvalue weighted by atomic mass is 14.8. The van der Waals surface area contributed by atoms with Gasteiger partial charge in [-0.3, -0.25) is 0 Å². The Bertz CT molecular complexity index is 163. The second kappa shape index (κ2) is 5.43. The Morgan fingerprint density at radius 2 is 2.08 bits per heavy atom. The van der Waals surface area contributed by atoms with Crippen molar-refractivity contribution in [1.29, 1.82) is 0 Å². The maximum absolute atomic E-state index is 3.31. The van der Waals surface area contributed by atoms with Crippen LogP contribution >= 0.6 is 0 Å². The Hall–Kier alpha value is -0.300. The Balaban J connectivity index is 2.59. The summed E-state index contributed by atoms with van der Waals surface area (Å²) in [6.07, 6.45) is 8.71. The molecule has 0 bridgehead atoms. The Kier molecular flexibility index (Phi) is 4.51. The van der Waals surface area contributed by atoms with E-state index in [1.165, 1.54) is 25.8 Å². The molecule has 0 aromatic carbocycles. The molecule has 76 valence electrons. The molecule has 0 spiro atoms. The molecule has 0 aliphatic heterocycles. The first-order valence-electron chi connectivity index (χ1n) is 5.64. The molecule has 3 atom stereocenters. The molecule has 1 aliphatic carbocycles. The Labute approximate surface area is 82.6 Å². The van der Waals surface area contributed by atoms with Crippen molar-refractivity contribution in [1.82, 2.24) is 5.32 Å². The number of rotatable bonds is 4. The van der Waals surface area contributed by atoms with Gasteiger partial charge in [-0.25, -0.2) is 0 Å². The fourth-order valence-corrected chi connectivity index (χ4v) is 2.67. The lowest BCUT2D eigenvalue weighted by Gasteiger charge is -2.33. The Morgan fingerprint density at radius 3 is 2.62 bits per heavy atom. The van der Waals surface area contributed by atoms with Gasteiger partial charge in [0.15, 0.2) is 0 Å². The van der Waals surface area contributed by atoms with Crippen LogP contribution in [0.2, 0.25) is 0 Å². The zero-order chi connectivity index (χ0) is 9.68.